The molecular weight excluding hydrogens is 1130 g/mol. The highest BCUT2D eigenvalue weighted by Gasteiger charge is 2.30. The van der Waals surface area contributed by atoms with Crippen molar-refractivity contribution in [2.75, 3.05) is 40.9 Å². The van der Waals surface area contributed by atoms with Crippen LogP contribution in [0.1, 0.15) is 361 Å². The molecule has 10 heteroatoms. The van der Waals surface area contributed by atoms with Crippen molar-refractivity contribution in [2.45, 2.75) is 373 Å². The lowest BCUT2D eigenvalue weighted by Gasteiger charge is -2.27. The molecule has 0 aliphatic heterocycles. The Morgan fingerprint density at radius 3 is 1.08 bits per heavy atom. The quantitative estimate of drug-likeness (QED) is 0.0205. The normalized spacial score (nSPS) is 13.9. The molecule has 0 saturated carbocycles. The molecule has 3 atom stereocenters. The molecule has 0 rings (SSSR count). The number of phosphoric acid groups is 1. The number of phosphoric ester groups is 1. The fraction of sp³-hybridized carbons (Fsp3) is 0.800. The number of ether oxygens (including phenoxy) is 1. The minimum Gasteiger partial charge on any atom is -0.456 e. The summed E-state index contributed by atoms with van der Waals surface area (Å²) in [7, 11) is 1.50. The Morgan fingerprint density at radius 1 is 0.400 bits per heavy atom. The van der Waals surface area contributed by atoms with Crippen LogP contribution in [0.2, 0.25) is 0 Å². The number of nitrogens with one attached hydrogen (secondary N) is 1. The van der Waals surface area contributed by atoms with E-state index in [2.05, 4.69) is 99.0 Å². The number of hydrogen-bond acceptors (Lipinski definition) is 6. The highest BCUT2D eigenvalue weighted by atomic mass is 31.2. The number of carbonyl (C=O) groups excluding carboxylic acids is 2. The number of allylic oxidation sites excluding steroid dienone is 13. The standard InChI is InChI=1S/C80H147N2O7P/c1-7-10-13-16-19-22-25-28-30-32-34-36-38-40-41-43-45-47-49-51-53-55-58-61-64-67-70-73-80(84)89-78(71-68-65-62-59-56-27-24-21-18-15-12-9-3)77(76-88-90(85,86)87-75-74-82(4,5)6)81-79(83)72-69-66-63-60-57-54-52-50-48-46-44-42-39-37-35-33-31-29-26-23-20-17-14-11-8-2/h10,13,19,22,28-31,34,36,40-41,68,71,77-78H,7-9,11-12,14-18,20-21,23-27,32-33,35,37-39,42-67,69-70,72-76H2,1-6H3,(H-,81,83,85,86)/p+1/b13-10-,22-19-,30-28-,31-29+,36-34-,41-40-,71-68+. The summed E-state index contributed by atoms with van der Waals surface area (Å²) in [5.41, 5.74) is 0. The van der Waals surface area contributed by atoms with Crippen LogP contribution in [0.4, 0.5) is 0 Å². The Hall–Kier alpha value is -2.81. The van der Waals surface area contributed by atoms with Crippen molar-refractivity contribution in [2.24, 2.45) is 0 Å². The maximum Gasteiger partial charge on any atom is 0.472 e. The van der Waals surface area contributed by atoms with Crippen LogP contribution in [-0.2, 0) is 27.9 Å². The van der Waals surface area contributed by atoms with Crippen molar-refractivity contribution < 1.29 is 37.3 Å². The summed E-state index contributed by atoms with van der Waals surface area (Å²) in [6.45, 7) is 6.94. The third-order valence-corrected chi connectivity index (χ3v) is 18.1. The number of unbranched alkanes of at least 4 members (excludes halogenated alkanes) is 42. The van der Waals surface area contributed by atoms with Crippen LogP contribution >= 0.6 is 7.82 Å². The molecular formula is C80H148N2O7P+. The van der Waals surface area contributed by atoms with Gasteiger partial charge in [-0.3, -0.25) is 18.6 Å². The summed E-state index contributed by atoms with van der Waals surface area (Å²) in [5.74, 6) is -0.496. The van der Waals surface area contributed by atoms with E-state index in [1.165, 1.54) is 238 Å². The number of rotatable bonds is 70. The van der Waals surface area contributed by atoms with Gasteiger partial charge in [0.05, 0.1) is 33.8 Å². The first kappa shape index (κ1) is 87.2. The zero-order valence-corrected chi connectivity index (χ0v) is 61.0. The first-order valence-electron chi connectivity index (χ1n) is 38.4. The van der Waals surface area contributed by atoms with Crippen LogP contribution in [0, 0.1) is 0 Å². The topological polar surface area (TPSA) is 111 Å². The van der Waals surface area contributed by atoms with E-state index in [-0.39, 0.29) is 31.5 Å². The zero-order chi connectivity index (χ0) is 65.6. The molecule has 524 valence electrons. The average Bonchev–Trinajstić information content (AvgIpc) is 3.12. The van der Waals surface area contributed by atoms with Crippen LogP contribution < -0.4 is 5.32 Å². The van der Waals surface area contributed by atoms with Gasteiger partial charge >= 0.3 is 13.8 Å². The van der Waals surface area contributed by atoms with Gasteiger partial charge in [-0.2, -0.15) is 0 Å². The van der Waals surface area contributed by atoms with E-state index in [9.17, 15) is 19.0 Å². The molecule has 0 aliphatic rings. The van der Waals surface area contributed by atoms with E-state index < -0.39 is 20.0 Å². The van der Waals surface area contributed by atoms with Gasteiger partial charge in [0.15, 0.2) is 0 Å². The van der Waals surface area contributed by atoms with Gasteiger partial charge in [0, 0.05) is 12.8 Å². The van der Waals surface area contributed by atoms with Gasteiger partial charge in [-0.15, -0.1) is 0 Å². The van der Waals surface area contributed by atoms with Crippen molar-refractivity contribution in [1.29, 1.82) is 0 Å². The SMILES string of the molecule is CC/C=C\C/C=C\C/C=C\C/C=C\C/C=C\CCCCCCCCCCCCCC(=O)OC(/C=C/CCCCCCCCCCCC)C(COP(=O)(O)OCC[N+](C)(C)C)NC(=O)CCCCCCCCCCCCCCCCC/C=C/CCCCCCCC. The van der Waals surface area contributed by atoms with Gasteiger partial charge in [0.25, 0.3) is 0 Å². The molecule has 0 aromatic heterocycles. The molecule has 0 aromatic rings. The fourth-order valence-corrected chi connectivity index (χ4v) is 11.9. The van der Waals surface area contributed by atoms with E-state index in [1.54, 1.807) is 0 Å². The molecule has 2 N–H and O–H groups in total. The number of nitrogens with zero attached hydrogens (tertiary/aromatic N) is 1. The first-order valence-corrected chi connectivity index (χ1v) is 39.9. The maximum absolute atomic E-state index is 13.7. The van der Waals surface area contributed by atoms with Gasteiger partial charge in [-0.25, -0.2) is 4.57 Å². The second-order valence-corrected chi connectivity index (χ2v) is 28.6. The predicted octanol–water partition coefficient (Wildman–Crippen LogP) is 24.9. The number of esters is 1. The summed E-state index contributed by atoms with van der Waals surface area (Å²) < 4.78 is 30.9. The third-order valence-electron chi connectivity index (χ3n) is 17.1. The third kappa shape index (κ3) is 69.5. The molecule has 0 aromatic carbocycles. The highest BCUT2D eigenvalue weighted by molar-refractivity contribution is 7.47. The fourth-order valence-electron chi connectivity index (χ4n) is 11.2. The van der Waals surface area contributed by atoms with Crippen molar-refractivity contribution in [3.8, 4) is 0 Å². The van der Waals surface area contributed by atoms with Crippen molar-refractivity contribution in [3.63, 3.8) is 0 Å². The second-order valence-electron chi connectivity index (χ2n) is 27.1. The van der Waals surface area contributed by atoms with E-state index in [4.69, 9.17) is 13.8 Å². The van der Waals surface area contributed by atoms with Crippen LogP contribution in [0.15, 0.2) is 85.1 Å². The van der Waals surface area contributed by atoms with Gasteiger partial charge in [-0.05, 0) is 102 Å². The molecule has 0 saturated heterocycles. The molecule has 0 radical (unpaired) electrons. The Balaban J connectivity index is 4.97. The van der Waals surface area contributed by atoms with Crippen molar-refractivity contribution in [1.82, 2.24) is 5.32 Å². The second kappa shape index (κ2) is 69.0. The number of carbonyl (C=O) groups is 2. The number of likely N-dealkylation sites (N-methyl/N-ethyl adjacent to an activating group) is 1. The van der Waals surface area contributed by atoms with Crippen LogP contribution in [-0.4, -0.2) is 74.3 Å². The Kier molecular flexibility index (Phi) is 66.9. The van der Waals surface area contributed by atoms with E-state index in [0.29, 0.717) is 17.4 Å². The Morgan fingerprint density at radius 2 is 0.711 bits per heavy atom. The molecule has 0 fully saturated rings. The summed E-state index contributed by atoms with van der Waals surface area (Å²) in [6.07, 6.45) is 93.2. The molecule has 0 aliphatic carbocycles. The minimum absolute atomic E-state index is 0.0388. The molecule has 90 heavy (non-hydrogen) atoms. The molecule has 0 spiro atoms. The summed E-state index contributed by atoms with van der Waals surface area (Å²) in [6, 6.07) is -0.853. The maximum atomic E-state index is 13.7. The molecule has 1 amide bonds. The monoisotopic (exact) mass is 1280 g/mol. The lowest BCUT2D eigenvalue weighted by atomic mass is 10.0. The van der Waals surface area contributed by atoms with E-state index in [0.717, 1.165) is 89.9 Å². The van der Waals surface area contributed by atoms with Crippen LogP contribution in [0.5, 0.6) is 0 Å². The smallest absolute Gasteiger partial charge is 0.456 e. The Bertz CT molecular complexity index is 1810. The largest absolute Gasteiger partial charge is 0.472 e. The van der Waals surface area contributed by atoms with Crippen molar-refractivity contribution in [3.05, 3.63) is 85.1 Å². The molecule has 3 unspecified atom stereocenters. The van der Waals surface area contributed by atoms with E-state index >= 15 is 0 Å². The lowest BCUT2D eigenvalue weighted by molar-refractivity contribution is -0.870. The predicted molar refractivity (Wildman–Crippen MR) is 392 cm³/mol. The van der Waals surface area contributed by atoms with Crippen LogP contribution in [0.3, 0.4) is 0 Å². The van der Waals surface area contributed by atoms with Crippen molar-refractivity contribution >= 4 is 19.7 Å². The highest BCUT2D eigenvalue weighted by Crippen LogP contribution is 2.43. The van der Waals surface area contributed by atoms with E-state index in [1.807, 2.05) is 33.3 Å². The molecule has 0 heterocycles. The van der Waals surface area contributed by atoms with Crippen LogP contribution in [0.25, 0.3) is 0 Å². The molecule has 9 nitrogen and oxygen atoms in total. The summed E-state index contributed by atoms with van der Waals surface area (Å²) >= 11 is 0. The minimum atomic E-state index is -4.46. The number of quaternary nitrogens is 1. The summed E-state index contributed by atoms with van der Waals surface area (Å²) in [4.78, 5) is 38.0. The number of amides is 1. The van der Waals surface area contributed by atoms with Gasteiger partial charge < -0.3 is 19.4 Å². The average molecular weight is 1280 g/mol. The van der Waals surface area contributed by atoms with Gasteiger partial charge in [-0.1, -0.05) is 331 Å². The molecule has 0 bridgehead atoms. The lowest BCUT2D eigenvalue weighted by Crippen LogP contribution is -2.47. The Labute approximate surface area is 558 Å². The zero-order valence-electron chi connectivity index (χ0n) is 60.1. The number of hydrogen-bond donors (Lipinski definition) is 2. The van der Waals surface area contributed by atoms with Gasteiger partial charge in [0.2, 0.25) is 5.91 Å². The first-order chi connectivity index (χ1) is 43.9. The van der Waals surface area contributed by atoms with Gasteiger partial charge in [0.1, 0.15) is 19.3 Å². The summed E-state index contributed by atoms with van der Waals surface area (Å²) in [5, 5.41) is 3.08.